The first-order valence-corrected chi connectivity index (χ1v) is 7.20. The summed E-state index contributed by atoms with van der Waals surface area (Å²) in [6, 6.07) is 1.63. The molecule has 0 aromatic carbocycles. The molecule has 0 spiro atoms. The molecule has 18 heavy (non-hydrogen) atoms. The van der Waals surface area contributed by atoms with Crippen molar-refractivity contribution in [2.75, 3.05) is 13.1 Å². The summed E-state index contributed by atoms with van der Waals surface area (Å²) in [4.78, 5) is 2.62. The normalized spacial score (nSPS) is 28.1. The molecule has 1 saturated heterocycles. The fourth-order valence-corrected chi connectivity index (χ4v) is 2.78. The van der Waals surface area contributed by atoms with E-state index < -0.39 is 0 Å². The average Bonchev–Trinajstić information content (AvgIpc) is 2.27. The van der Waals surface area contributed by atoms with Gasteiger partial charge in [-0.1, -0.05) is 34.6 Å². The summed E-state index contributed by atoms with van der Waals surface area (Å²) < 4.78 is 0. The number of nitrogens with zero attached hydrogens (tertiary/aromatic N) is 1. The van der Waals surface area contributed by atoms with Crippen LogP contribution < -0.4 is 5.32 Å². The van der Waals surface area contributed by atoms with Gasteiger partial charge in [0.2, 0.25) is 0 Å². The molecule has 104 valence electrons. The van der Waals surface area contributed by atoms with Gasteiger partial charge in [-0.3, -0.25) is 4.90 Å². The Morgan fingerprint density at radius 1 is 1.33 bits per heavy atom. The van der Waals surface area contributed by atoms with Gasteiger partial charge in [-0.25, -0.2) is 0 Å². The van der Waals surface area contributed by atoms with E-state index >= 15 is 0 Å². The third kappa shape index (κ3) is 3.73. The van der Waals surface area contributed by atoms with E-state index in [4.69, 9.17) is 6.42 Å². The molecule has 3 unspecified atom stereocenters. The largest absolute Gasteiger partial charge is 0.311 e. The van der Waals surface area contributed by atoms with E-state index in [0.717, 1.165) is 19.5 Å². The Labute approximate surface area is 114 Å². The number of nitrogens with one attached hydrogen (secondary N) is 1. The van der Waals surface area contributed by atoms with E-state index in [1.54, 1.807) is 0 Å². The standard InChI is InChI=1S/C16H30N2/c1-8-9-13(4)18-11-15(16(5,6)7)17-10-14(18)12(2)3/h1,12-15,17H,9-11H2,2-7H3. The number of hydrogen-bond acceptors (Lipinski definition) is 2. The highest BCUT2D eigenvalue weighted by atomic mass is 15.3. The van der Waals surface area contributed by atoms with Crippen molar-refractivity contribution in [2.45, 2.75) is 66.1 Å². The number of piperazine rings is 1. The summed E-state index contributed by atoms with van der Waals surface area (Å²) in [5.74, 6) is 3.48. The first-order chi connectivity index (χ1) is 8.27. The molecule has 0 aliphatic carbocycles. The van der Waals surface area contributed by atoms with Crippen LogP contribution in [0.25, 0.3) is 0 Å². The summed E-state index contributed by atoms with van der Waals surface area (Å²) in [6.45, 7) is 16.0. The quantitative estimate of drug-likeness (QED) is 0.775. The molecular weight excluding hydrogens is 220 g/mol. The summed E-state index contributed by atoms with van der Waals surface area (Å²) in [7, 11) is 0. The van der Waals surface area contributed by atoms with Crippen LogP contribution in [-0.2, 0) is 0 Å². The van der Waals surface area contributed by atoms with Crippen LogP contribution in [0.5, 0.6) is 0 Å². The molecule has 0 radical (unpaired) electrons. The lowest BCUT2D eigenvalue weighted by Crippen LogP contribution is -2.63. The Morgan fingerprint density at radius 2 is 1.94 bits per heavy atom. The predicted octanol–water partition coefficient (Wildman–Crippen LogP) is 2.74. The maximum absolute atomic E-state index is 5.49. The van der Waals surface area contributed by atoms with Crippen molar-refractivity contribution in [3.05, 3.63) is 0 Å². The van der Waals surface area contributed by atoms with Crippen molar-refractivity contribution in [3.63, 3.8) is 0 Å². The van der Waals surface area contributed by atoms with Gasteiger partial charge in [0.05, 0.1) is 0 Å². The first kappa shape index (κ1) is 15.5. The minimum atomic E-state index is 0.302. The fourth-order valence-electron chi connectivity index (χ4n) is 2.78. The second-order valence-corrected chi connectivity index (χ2v) is 7.09. The fraction of sp³-hybridized carbons (Fsp3) is 0.875. The van der Waals surface area contributed by atoms with Crippen LogP contribution in [-0.4, -0.2) is 36.1 Å². The maximum atomic E-state index is 5.49. The average molecular weight is 250 g/mol. The van der Waals surface area contributed by atoms with Gasteiger partial charge < -0.3 is 5.32 Å². The van der Waals surface area contributed by atoms with Crippen molar-refractivity contribution in [3.8, 4) is 12.3 Å². The molecule has 1 rings (SSSR count). The maximum Gasteiger partial charge on any atom is 0.0247 e. The Hall–Kier alpha value is -0.520. The molecule has 1 aliphatic rings. The molecule has 0 saturated carbocycles. The summed E-state index contributed by atoms with van der Waals surface area (Å²) in [6.07, 6.45) is 6.33. The topological polar surface area (TPSA) is 15.3 Å². The third-order valence-corrected chi connectivity index (χ3v) is 4.19. The lowest BCUT2D eigenvalue weighted by Gasteiger charge is -2.48. The molecule has 1 N–H and O–H groups in total. The predicted molar refractivity (Wildman–Crippen MR) is 79.5 cm³/mol. The Morgan fingerprint density at radius 3 is 2.39 bits per heavy atom. The molecule has 3 atom stereocenters. The zero-order valence-electron chi connectivity index (χ0n) is 13.0. The van der Waals surface area contributed by atoms with Gasteiger partial charge in [0.1, 0.15) is 0 Å². The Kier molecular flexibility index (Phi) is 5.25. The molecule has 1 aliphatic heterocycles. The number of rotatable bonds is 3. The van der Waals surface area contributed by atoms with Crippen LogP contribution in [0.1, 0.15) is 48.0 Å². The van der Waals surface area contributed by atoms with Gasteiger partial charge in [-0.15, -0.1) is 12.3 Å². The van der Waals surface area contributed by atoms with Crippen molar-refractivity contribution < 1.29 is 0 Å². The highest BCUT2D eigenvalue weighted by molar-refractivity contribution is 4.97. The molecule has 1 heterocycles. The Balaban J connectivity index is 2.80. The minimum absolute atomic E-state index is 0.302. The molecule has 2 heteroatoms. The van der Waals surface area contributed by atoms with E-state index in [0.29, 0.717) is 29.5 Å². The number of hydrogen-bond donors (Lipinski definition) is 1. The van der Waals surface area contributed by atoms with Crippen LogP contribution in [0.15, 0.2) is 0 Å². The highest BCUT2D eigenvalue weighted by Gasteiger charge is 2.36. The van der Waals surface area contributed by atoms with E-state index in [-0.39, 0.29) is 0 Å². The zero-order chi connectivity index (χ0) is 13.9. The lowest BCUT2D eigenvalue weighted by atomic mass is 9.83. The molecule has 0 bridgehead atoms. The highest BCUT2D eigenvalue weighted by Crippen LogP contribution is 2.27. The van der Waals surface area contributed by atoms with Gasteiger partial charge in [-0.2, -0.15) is 0 Å². The van der Waals surface area contributed by atoms with Crippen LogP contribution in [0.3, 0.4) is 0 Å². The van der Waals surface area contributed by atoms with E-state index in [1.807, 2.05) is 0 Å². The summed E-state index contributed by atoms with van der Waals surface area (Å²) >= 11 is 0. The van der Waals surface area contributed by atoms with Gasteiger partial charge in [0.25, 0.3) is 0 Å². The minimum Gasteiger partial charge on any atom is -0.311 e. The second-order valence-electron chi connectivity index (χ2n) is 7.09. The monoisotopic (exact) mass is 250 g/mol. The van der Waals surface area contributed by atoms with Gasteiger partial charge in [0.15, 0.2) is 0 Å². The van der Waals surface area contributed by atoms with Gasteiger partial charge in [-0.05, 0) is 18.3 Å². The van der Waals surface area contributed by atoms with E-state index in [9.17, 15) is 0 Å². The van der Waals surface area contributed by atoms with Gasteiger partial charge in [0, 0.05) is 37.6 Å². The van der Waals surface area contributed by atoms with Crippen LogP contribution in [0.2, 0.25) is 0 Å². The first-order valence-electron chi connectivity index (χ1n) is 7.20. The SMILES string of the molecule is C#CCC(C)N1CC(C(C)(C)C)NCC1C(C)C. The summed E-state index contributed by atoms with van der Waals surface area (Å²) in [5.41, 5.74) is 0.302. The summed E-state index contributed by atoms with van der Waals surface area (Å²) in [5, 5.41) is 3.72. The van der Waals surface area contributed by atoms with E-state index in [1.165, 1.54) is 0 Å². The van der Waals surface area contributed by atoms with E-state index in [2.05, 4.69) is 57.7 Å². The van der Waals surface area contributed by atoms with Crippen LogP contribution in [0.4, 0.5) is 0 Å². The molecule has 2 nitrogen and oxygen atoms in total. The van der Waals surface area contributed by atoms with Crippen molar-refractivity contribution >= 4 is 0 Å². The molecule has 0 aromatic rings. The van der Waals surface area contributed by atoms with Crippen molar-refractivity contribution in [1.82, 2.24) is 10.2 Å². The molecular formula is C16H30N2. The van der Waals surface area contributed by atoms with Crippen LogP contribution >= 0.6 is 0 Å². The van der Waals surface area contributed by atoms with Gasteiger partial charge >= 0.3 is 0 Å². The second kappa shape index (κ2) is 6.08. The lowest BCUT2D eigenvalue weighted by molar-refractivity contribution is 0.0360. The zero-order valence-corrected chi connectivity index (χ0v) is 13.0. The molecule has 0 amide bonds. The Bertz CT molecular complexity index is 295. The third-order valence-electron chi connectivity index (χ3n) is 4.19. The molecule has 0 aromatic heterocycles. The van der Waals surface area contributed by atoms with Crippen molar-refractivity contribution in [2.24, 2.45) is 11.3 Å². The molecule has 1 fully saturated rings. The smallest absolute Gasteiger partial charge is 0.0247 e. The number of terminal acetylenes is 1. The van der Waals surface area contributed by atoms with Crippen molar-refractivity contribution in [1.29, 1.82) is 0 Å². The van der Waals surface area contributed by atoms with Crippen LogP contribution in [0, 0.1) is 23.7 Å².